The molecule has 0 saturated heterocycles. The van der Waals surface area contributed by atoms with Crippen LogP contribution >= 0.6 is 0 Å². The standard InChI is InChI=1S/C19H17F4N5O3/c1-28-17(16(26-27-28)13-5-3-4-8-24-13)18(29)25-14(10-30-2)11-6-7-15(12(20)9-11)31-19(21,22)23/h3-9,14H,10H2,1-2H3,(H,25,29)/t14-/m1/s1. The van der Waals surface area contributed by atoms with Gasteiger partial charge in [0.2, 0.25) is 0 Å². The topological polar surface area (TPSA) is 91.2 Å². The minimum absolute atomic E-state index is 0.0745. The Morgan fingerprint density at radius 1 is 1.26 bits per heavy atom. The Morgan fingerprint density at radius 3 is 2.65 bits per heavy atom. The summed E-state index contributed by atoms with van der Waals surface area (Å²) in [7, 11) is 2.88. The fraction of sp³-hybridized carbons (Fsp3) is 0.263. The molecular formula is C19H17F4N5O3. The zero-order valence-corrected chi connectivity index (χ0v) is 16.4. The minimum atomic E-state index is -5.03. The normalized spacial score (nSPS) is 12.5. The molecule has 0 fully saturated rings. The first kappa shape index (κ1) is 22.2. The third-order valence-electron chi connectivity index (χ3n) is 4.17. The maximum atomic E-state index is 14.1. The molecule has 0 radical (unpaired) electrons. The molecule has 2 aromatic heterocycles. The van der Waals surface area contributed by atoms with Crippen molar-refractivity contribution in [2.45, 2.75) is 12.4 Å². The summed E-state index contributed by atoms with van der Waals surface area (Å²) in [5.74, 6) is -2.82. The summed E-state index contributed by atoms with van der Waals surface area (Å²) in [5, 5.41) is 10.5. The number of ether oxygens (including phenoxy) is 2. The maximum absolute atomic E-state index is 14.1. The first-order valence-electron chi connectivity index (χ1n) is 8.85. The van der Waals surface area contributed by atoms with E-state index in [1.54, 1.807) is 18.2 Å². The molecule has 3 rings (SSSR count). The van der Waals surface area contributed by atoms with E-state index in [4.69, 9.17) is 4.74 Å². The highest BCUT2D eigenvalue weighted by Crippen LogP contribution is 2.28. The highest BCUT2D eigenvalue weighted by Gasteiger charge is 2.32. The molecule has 0 unspecified atom stereocenters. The Balaban J connectivity index is 1.87. The van der Waals surface area contributed by atoms with Gasteiger partial charge in [-0.1, -0.05) is 17.3 Å². The smallest absolute Gasteiger partial charge is 0.403 e. The zero-order valence-electron chi connectivity index (χ0n) is 16.4. The second-order valence-electron chi connectivity index (χ2n) is 6.34. The number of aromatic nitrogens is 4. The summed E-state index contributed by atoms with van der Waals surface area (Å²) in [5.41, 5.74) is 0.926. The molecule has 0 aliphatic rings. The summed E-state index contributed by atoms with van der Waals surface area (Å²) >= 11 is 0. The Kier molecular flexibility index (Phi) is 6.49. The molecule has 0 saturated carbocycles. The lowest BCUT2D eigenvalue weighted by atomic mass is 10.1. The van der Waals surface area contributed by atoms with E-state index in [9.17, 15) is 22.4 Å². The lowest BCUT2D eigenvalue weighted by molar-refractivity contribution is -0.275. The SMILES string of the molecule is COC[C@@H](NC(=O)c1c(-c2ccccn2)nnn1C)c1ccc(OC(F)(F)F)c(F)c1. The Morgan fingerprint density at radius 2 is 2.03 bits per heavy atom. The van der Waals surface area contributed by atoms with Gasteiger partial charge < -0.3 is 14.8 Å². The number of hydrogen-bond acceptors (Lipinski definition) is 6. The van der Waals surface area contributed by atoms with Crippen molar-refractivity contribution in [3.05, 3.63) is 59.7 Å². The molecule has 0 aliphatic heterocycles. The summed E-state index contributed by atoms with van der Waals surface area (Å²) in [6.45, 7) is -0.0745. The van der Waals surface area contributed by atoms with Gasteiger partial charge in [-0.2, -0.15) is 0 Å². The number of amides is 1. The number of methoxy groups -OCH3 is 1. The number of halogens is 4. The largest absolute Gasteiger partial charge is 0.573 e. The van der Waals surface area contributed by atoms with Crippen molar-refractivity contribution in [1.29, 1.82) is 0 Å². The van der Waals surface area contributed by atoms with E-state index in [-0.39, 0.29) is 23.6 Å². The van der Waals surface area contributed by atoms with Crippen LogP contribution in [-0.2, 0) is 11.8 Å². The Labute approximate surface area is 173 Å². The van der Waals surface area contributed by atoms with Crippen molar-refractivity contribution >= 4 is 5.91 Å². The Bertz CT molecular complexity index is 1060. The van der Waals surface area contributed by atoms with Crippen LogP contribution in [-0.4, -0.2) is 46.0 Å². The van der Waals surface area contributed by atoms with Crippen molar-refractivity contribution in [3.8, 4) is 17.1 Å². The van der Waals surface area contributed by atoms with Crippen LogP contribution in [0, 0.1) is 5.82 Å². The lowest BCUT2D eigenvalue weighted by Crippen LogP contribution is -2.33. The van der Waals surface area contributed by atoms with Gasteiger partial charge in [0, 0.05) is 20.4 Å². The van der Waals surface area contributed by atoms with E-state index >= 15 is 0 Å². The highest BCUT2D eigenvalue weighted by molar-refractivity contribution is 5.98. The van der Waals surface area contributed by atoms with E-state index in [1.807, 2.05) is 0 Å². The van der Waals surface area contributed by atoms with Gasteiger partial charge in [0.15, 0.2) is 17.3 Å². The minimum Gasteiger partial charge on any atom is -0.403 e. The number of aryl methyl sites for hydroxylation is 1. The number of hydrogen-bond donors (Lipinski definition) is 1. The monoisotopic (exact) mass is 439 g/mol. The third-order valence-corrected chi connectivity index (χ3v) is 4.17. The van der Waals surface area contributed by atoms with Crippen LogP contribution in [0.4, 0.5) is 17.6 Å². The quantitative estimate of drug-likeness (QED) is 0.569. The average molecular weight is 439 g/mol. The predicted octanol–water partition coefficient (Wildman–Crippen LogP) is 3.03. The molecule has 0 aliphatic carbocycles. The van der Waals surface area contributed by atoms with Gasteiger partial charge in [-0.05, 0) is 29.8 Å². The fourth-order valence-electron chi connectivity index (χ4n) is 2.84. The number of nitrogens with one attached hydrogen (secondary N) is 1. The molecule has 8 nitrogen and oxygen atoms in total. The molecule has 1 aromatic carbocycles. The molecule has 31 heavy (non-hydrogen) atoms. The van der Waals surface area contributed by atoms with Gasteiger partial charge in [0.05, 0.1) is 18.3 Å². The molecule has 0 bridgehead atoms. The van der Waals surface area contributed by atoms with Crippen molar-refractivity contribution in [2.75, 3.05) is 13.7 Å². The molecular weight excluding hydrogens is 422 g/mol. The van der Waals surface area contributed by atoms with Gasteiger partial charge in [0.1, 0.15) is 5.69 Å². The van der Waals surface area contributed by atoms with Crippen molar-refractivity contribution in [2.24, 2.45) is 7.05 Å². The number of rotatable bonds is 7. The second kappa shape index (κ2) is 9.08. The van der Waals surface area contributed by atoms with Crippen molar-refractivity contribution in [1.82, 2.24) is 25.3 Å². The van der Waals surface area contributed by atoms with Gasteiger partial charge in [0.25, 0.3) is 5.91 Å². The molecule has 0 spiro atoms. The first-order valence-corrected chi connectivity index (χ1v) is 8.85. The lowest BCUT2D eigenvalue weighted by Gasteiger charge is -2.19. The molecule has 12 heteroatoms. The van der Waals surface area contributed by atoms with E-state index in [1.165, 1.54) is 31.1 Å². The van der Waals surface area contributed by atoms with Crippen LogP contribution < -0.4 is 10.1 Å². The van der Waals surface area contributed by atoms with Crippen LogP contribution in [0.2, 0.25) is 0 Å². The fourth-order valence-corrected chi connectivity index (χ4v) is 2.84. The molecule has 1 atom stereocenters. The number of carbonyl (C=O) groups is 1. The number of benzene rings is 1. The van der Waals surface area contributed by atoms with Gasteiger partial charge in [-0.3, -0.25) is 9.78 Å². The van der Waals surface area contributed by atoms with Crippen LogP contribution in [0.1, 0.15) is 22.1 Å². The van der Waals surface area contributed by atoms with E-state index < -0.39 is 29.9 Å². The van der Waals surface area contributed by atoms with Gasteiger partial charge >= 0.3 is 6.36 Å². The molecule has 3 aromatic rings. The van der Waals surface area contributed by atoms with E-state index in [0.717, 1.165) is 12.1 Å². The van der Waals surface area contributed by atoms with Crippen LogP contribution in [0.3, 0.4) is 0 Å². The van der Waals surface area contributed by atoms with Crippen LogP contribution in [0.25, 0.3) is 11.4 Å². The Hall–Kier alpha value is -3.54. The highest BCUT2D eigenvalue weighted by atomic mass is 19.4. The van der Waals surface area contributed by atoms with Gasteiger partial charge in [-0.25, -0.2) is 9.07 Å². The number of pyridine rings is 1. The van der Waals surface area contributed by atoms with Crippen LogP contribution in [0.5, 0.6) is 5.75 Å². The predicted molar refractivity (Wildman–Crippen MR) is 99.4 cm³/mol. The number of nitrogens with zero attached hydrogens (tertiary/aromatic N) is 4. The molecule has 1 amide bonds. The van der Waals surface area contributed by atoms with E-state index in [2.05, 4.69) is 25.3 Å². The third kappa shape index (κ3) is 5.34. The molecule has 1 N–H and O–H groups in total. The number of alkyl halides is 3. The summed E-state index contributed by atoms with van der Waals surface area (Å²) < 4.78 is 61.2. The van der Waals surface area contributed by atoms with Crippen LogP contribution in [0.15, 0.2) is 42.6 Å². The zero-order chi connectivity index (χ0) is 22.6. The average Bonchev–Trinajstić information content (AvgIpc) is 3.10. The molecule has 164 valence electrons. The number of carbonyl (C=O) groups excluding carboxylic acids is 1. The van der Waals surface area contributed by atoms with Gasteiger partial charge in [-0.15, -0.1) is 18.3 Å². The van der Waals surface area contributed by atoms with Crippen molar-refractivity contribution in [3.63, 3.8) is 0 Å². The maximum Gasteiger partial charge on any atom is 0.573 e. The van der Waals surface area contributed by atoms with E-state index in [0.29, 0.717) is 5.69 Å². The first-order chi connectivity index (χ1) is 14.7. The molecule has 2 heterocycles. The summed E-state index contributed by atoms with van der Waals surface area (Å²) in [6, 6.07) is 7.08. The second-order valence-corrected chi connectivity index (χ2v) is 6.34. The summed E-state index contributed by atoms with van der Waals surface area (Å²) in [4.78, 5) is 17.1. The van der Waals surface area contributed by atoms with Crippen molar-refractivity contribution < 1.29 is 31.8 Å². The summed E-state index contributed by atoms with van der Waals surface area (Å²) in [6.07, 6.45) is -3.50.